The first-order valence-electron chi connectivity index (χ1n) is 26.7. The van der Waals surface area contributed by atoms with Gasteiger partial charge in [-0.1, -0.05) is 49.4 Å². The van der Waals surface area contributed by atoms with Gasteiger partial charge in [-0.25, -0.2) is 8.78 Å². The molecule has 2 aliphatic heterocycles. The Kier molecular flexibility index (Phi) is 19.7. The van der Waals surface area contributed by atoms with E-state index < -0.39 is 88.6 Å². The van der Waals surface area contributed by atoms with Crippen molar-refractivity contribution in [3.63, 3.8) is 0 Å². The number of amides is 4. The van der Waals surface area contributed by atoms with E-state index in [9.17, 15) is 39.0 Å². The highest BCUT2D eigenvalue weighted by Gasteiger charge is 2.80. The third kappa shape index (κ3) is 12.6. The lowest BCUT2D eigenvalue weighted by molar-refractivity contribution is -0.235. The van der Waals surface area contributed by atoms with E-state index in [1.165, 1.54) is 31.2 Å². The molecule has 4 amide bonds. The van der Waals surface area contributed by atoms with Gasteiger partial charge in [-0.05, 0) is 79.5 Å². The number of ketones is 2. The highest BCUT2D eigenvalue weighted by molar-refractivity contribution is 6.13. The van der Waals surface area contributed by atoms with E-state index in [-0.39, 0.29) is 62.6 Å². The molecule has 2 aromatic rings. The molecule has 3 saturated carbocycles. The fourth-order valence-corrected chi connectivity index (χ4v) is 12.3. The average molecular weight is 1090 g/mol. The zero-order chi connectivity index (χ0) is 55.5. The summed E-state index contributed by atoms with van der Waals surface area (Å²) in [6.07, 6.45) is 1.24. The van der Waals surface area contributed by atoms with Crippen LogP contribution >= 0.6 is 0 Å². The number of nitrogens with one attached hydrogen (secondary N) is 2. The molecule has 424 valence electrons. The number of nitrogens with zero attached hydrogens (tertiary/aromatic N) is 1. The summed E-state index contributed by atoms with van der Waals surface area (Å²) in [6.45, 7) is 6.95. The van der Waals surface area contributed by atoms with Crippen LogP contribution in [0.5, 0.6) is 0 Å². The van der Waals surface area contributed by atoms with Crippen LogP contribution < -0.4 is 10.6 Å². The van der Waals surface area contributed by atoms with Gasteiger partial charge in [-0.15, -0.1) is 0 Å². The molecule has 21 heteroatoms. The Bertz CT molecular complexity index is 2560. The number of imide groups is 1. The van der Waals surface area contributed by atoms with Crippen LogP contribution in [0.1, 0.15) is 68.9 Å². The lowest BCUT2D eigenvalue weighted by atomic mass is 9.44. The second kappa shape index (κ2) is 26.2. The van der Waals surface area contributed by atoms with Crippen LogP contribution in [0.3, 0.4) is 0 Å². The van der Waals surface area contributed by atoms with Gasteiger partial charge in [0.05, 0.1) is 97.9 Å². The zero-order valence-corrected chi connectivity index (χ0v) is 44.1. The minimum atomic E-state index is -2.34. The van der Waals surface area contributed by atoms with Gasteiger partial charge >= 0.3 is 0 Å². The first-order valence-corrected chi connectivity index (χ1v) is 26.7. The van der Waals surface area contributed by atoms with Crippen LogP contribution in [0, 0.1) is 22.7 Å². The van der Waals surface area contributed by atoms with Crippen molar-refractivity contribution in [1.82, 2.24) is 10.2 Å². The normalized spacial score (nSPS) is 29.7. The summed E-state index contributed by atoms with van der Waals surface area (Å²) in [4.78, 5) is 74.9. The van der Waals surface area contributed by atoms with E-state index in [1.807, 2.05) is 42.5 Å². The molecule has 2 heterocycles. The van der Waals surface area contributed by atoms with Crippen molar-refractivity contribution in [1.29, 1.82) is 0 Å². The van der Waals surface area contributed by atoms with Gasteiger partial charge in [0.25, 0.3) is 11.8 Å². The molecule has 0 aromatic heterocycles. The smallest absolute Gasteiger partial charge is 0.253 e. The number of carbonyl (C=O) groups excluding carboxylic acids is 6. The molecule has 10 atom stereocenters. The van der Waals surface area contributed by atoms with E-state index in [0.29, 0.717) is 96.9 Å². The number of hydrogen-bond donors (Lipinski definition) is 4. The van der Waals surface area contributed by atoms with Gasteiger partial charge < -0.3 is 58.7 Å². The third-order valence-electron chi connectivity index (χ3n) is 16.2. The van der Waals surface area contributed by atoms with E-state index >= 15 is 8.78 Å². The fraction of sp³-hybridized carbons (Fsp3) is 0.579. The predicted molar refractivity (Wildman–Crippen MR) is 275 cm³/mol. The number of carbonyl (C=O) groups is 6. The molecule has 4 aliphatic carbocycles. The summed E-state index contributed by atoms with van der Waals surface area (Å²) in [7, 11) is 0. The number of rotatable bonds is 30. The summed E-state index contributed by atoms with van der Waals surface area (Å²) >= 11 is 0. The number of benzene rings is 2. The molecule has 0 bridgehead atoms. The Labute approximate surface area is 451 Å². The molecule has 2 aromatic carbocycles. The monoisotopic (exact) mass is 1090 g/mol. The lowest BCUT2D eigenvalue weighted by Crippen LogP contribution is -2.70. The maximum atomic E-state index is 17.8. The van der Waals surface area contributed by atoms with Gasteiger partial charge in [0.15, 0.2) is 29.1 Å². The quantitative estimate of drug-likeness (QED) is 0.0643. The van der Waals surface area contributed by atoms with E-state index in [4.69, 9.17) is 37.9 Å². The number of allylic oxidation sites excluding steroid dienone is 4. The third-order valence-corrected chi connectivity index (χ3v) is 16.2. The molecule has 0 spiro atoms. The Morgan fingerprint density at radius 2 is 1.37 bits per heavy atom. The standard InChI is InChI=1S/C57H71F2N3O16/c1-54-15-12-41(64)32-44(54)45(58)33-43-42-34-48-57(47(66)36-63,55(42,2)35-46(65)56(43,54)59)78-53(77-48)39-8-6-37(7-9-39)30-38-4-3-5-40(31-38)61-50(68)14-18-71-20-22-73-24-26-75-28-29-76-27-25-74-23-21-72-19-16-60-49(67)13-17-62-51(69)10-11-52(62)70/h3-12,15,31-32,42-43,45-46,48,53,63,65H,13-14,16-30,33-36H2,1-2H3,(H,60,67)(H,61,68)/t42-,43?,45-,46-,48+,53+,54-,55-,56-,57+/m0/s1. The predicted octanol–water partition coefficient (Wildman–Crippen LogP) is 3.78. The first-order chi connectivity index (χ1) is 37.5. The Hall–Kier alpha value is -5.46. The van der Waals surface area contributed by atoms with E-state index in [0.717, 1.165) is 22.1 Å². The molecule has 6 aliphatic rings. The summed E-state index contributed by atoms with van der Waals surface area (Å²) < 4.78 is 79.9. The first kappa shape index (κ1) is 58.7. The van der Waals surface area contributed by atoms with Gasteiger partial charge in [-0.3, -0.25) is 33.7 Å². The topological polar surface area (TPSA) is 244 Å². The van der Waals surface area contributed by atoms with Crippen LogP contribution in [0.15, 0.2) is 84.5 Å². The molecule has 78 heavy (non-hydrogen) atoms. The van der Waals surface area contributed by atoms with Crippen LogP contribution in [-0.4, -0.2) is 179 Å². The number of halogens is 2. The molecule has 1 saturated heterocycles. The minimum absolute atomic E-state index is 0.0109. The van der Waals surface area contributed by atoms with Crippen molar-refractivity contribution in [3.05, 3.63) is 101 Å². The molecule has 4 fully saturated rings. The van der Waals surface area contributed by atoms with Gasteiger partial charge in [0.1, 0.15) is 12.8 Å². The molecular weight excluding hydrogens is 1020 g/mol. The van der Waals surface area contributed by atoms with E-state index in [1.54, 1.807) is 13.0 Å². The number of aliphatic hydroxyl groups is 2. The number of anilines is 1. The van der Waals surface area contributed by atoms with Crippen molar-refractivity contribution in [3.8, 4) is 0 Å². The number of Topliss-reactive ketones (excluding diaryl/α,β-unsaturated/α-hetero) is 1. The number of hydrogen-bond acceptors (Lipinski definition) is 16. The Morgan fingerprint density at radius 3 is 2.00 bits per heavy atom. The van der Waals surface area contributed by atoms with Gasteiger partial charge in [-0.2, -0.15) is 0 Å². The second-order valence-corrected chi connectivity index (χ2v) is 20.8. The zero-order valence-electron chi connectivity index (χ0n) is 44.1. The van der Waals surface area contributed by atoms with Crippen molar-refractivity contribution >= 4 is 40.9 Å². The molecular formula is C57H71F2N3O16. The average Bonchev–Trinajstić information content (AvgIpc) is 4.07. The number of ether oxygens (including phenoxy) is 8. The maximum absolute atomic E-state index is 17.8. The number of aliphatic hydroxyl groups excluding tert-OH is 2. The van der Waals surface area contributed by atoms with Crippen LogP contribution in [-0.2, 0) is 73.1 Å². The molecule has 19 nitrogen and oxygen atoms in total. The second-order valence-electron chi connectivity index (χ2n) is 20.8. The number of fused-ring (bicyclic) bond motifs is 7. The number of alkyl halides is 2. The van der Waals surface area contributed by atoms with Crippen LogP contribution in [0.2, 0.25) is 0 Å². The summed E-state index contributed by atoms with van der Waals surface area (Å²) in [6, 6.07) is 15.0. The van der Waals surface area contributed by atoms with Crippen LogP contribution in [0.4, 0.5) is 14.5 Å². The van der Waals surface area contributed by atoms with Crippen molar-refractivity contribution in [2.24, 2.45) is 22.7 Å². The molecule has 4 N–H and O–H groups in total. The fourth-order valence-electron chi connectivity index (χ4n) is 12.3. The lowest BCUT2D eigenvalue weighted by Gasteiger charge is -2.63. The summed E-state index contributed by atoms with van der Waals surface area (Å²) in [5.74, 6) is -4.09. The van der Waals surface area contributed by atoms with Gasteiger partial charge in [0, 0.05) is 59.7 Å². The van der Waals surface area contributed by atoms with Crippen molar-refractivity contribution < 1.29 is 85.7 Å². The minimum Gasteiger partial charge on any atom is -0.390 e. The van der Waals surface area contributed by atoms with Crippen LogP contribution in [0.25, 0.3) is 0 Å². The maximum Gasteiger partial charge on any atom is 0.253 e. The van der Waals surface area contributed by atoms with E-state index in [2.05, 4.69) is 10.6 Å². The highest BCUT2D eigenvalue weighted by Crippen LogP contribution is 2.72. The largest absolute Gasteiger partial charge is 0.390 e. The summed E-state index contributed by atoms with van der Waals surface area (Å²) in [5, 5.41) is 27.7. The van der Waals surface area contributed by atoms with Crippen molar-refractivity contribution in [2.75, 3.05) is 104 Å². The molecule has 8 rings (SSSR count). The SMILES string of the molecule is C[C@]12C=CC(=O)C=C1[C@@H](F)CC1[C@@H]3C[C@H]4O[C@@H](c5ccc(Cc6cccc(NC(=O)CCOCCOCCOCCOCCOCCOCCNC(=O)CCN7C(=O)C=CC7=O)c6)cc5)O[C@@]4(C(=O)CO)[C@@]3(C)C[C@H](O)[C@@]12F. The summed E-state index contributed by atoms with van der Waals surface area (Å²) in [5.41, 5.74) is -3.74. The highest BCUT2D eigenvalue weighted by atomic mass is 19.1. The Balaban J connectivity index is 0.663. The molecule has 0 radical (unpaired) electrons. The van der Waals surface area contributed by atoms with Crippen molar-refractivity contribution in [2.45, 2.75) is 88.3 Å². The molecule has 1 unspecified atom stereocenters. The Morgan fingerprint density at radius 1 is 0.756 bits per heavy atom. The van der Waals surface area contributed by atoms with Gasteiger partial charge in [0.2, 0.25) is 11.8 Å².